The number of benzene rings is 1. The fourth-order valence-corrected chi connectivity index (χ4v) is 5.39. The van der Waals surface area contributed by atoms with Crippen molar-refractivity contribution in [2.24, 2.45) is 0 Å². The highest BCUT2D eigenvalue weighted by Gasteiger charge is 2.34. The van der Waals surface area contributed by atoms with Gasteiger partial charge < -0.3 is 9.80 Å². The average Bonchev–Trinajstić information content (AvgIpc) is 2.76. The van der Waals surface area contributed by atoms with E-state index in [9.17, 15) is 18.0 Å². The van der Waals surface area contributed by atoms with Crippen molar-refractivity contribution in [2.45, 2.75) is 6.54 Å². The van der Waals surface area contributed by atoms with Crippen molar-refractivity contribution in [1.29, 1.82) is 0 Å². The summed E-state index contributed by atoms with van der Waals surface area (Å²) < 4.78 is 29.8. The third-order valence-corrected chi connectivity index (χ3v) is 7.79. The van der Waals surface area contributed by atoms with Gasteiger partial charge in [-0.3, -0.25) is 9.59 Å². The zero-order valence-corrected chi connectivity index (χ0v) is 17.8. The number of likely N-dealkylation sites (N-methyl/N-ethyl adjacent to an activating group) is 1. The second-order valence-electron chi connectivity index (χ2n) is 7.68. The topological polar surface area (TPSA) is 99.1 Å². The molecule has 0 spiro atoms. The Morgan fingerprint density at radius 3 is 2.23 bits per heavy atom. The van der Waals surface area contributed by atoms with Crippen LogP contribution in [0.4, 0.5) is 0 Å². The van der Waals surface area contributed by atoms with Gasteiger partial charge in [0.2, 0.25) is 5.91 Å². The Morgan fingerprint density at radius 2 is 1.57 bits per heavy atom. The van der Waals surface area contributed by atoms with Crippen LogP contribution in [-0.4, -0.2) is 102 Å². The molecule has 162 valence electrons. The summed E-state index contributed by atoms with van der Waals surface area (Å²) in [7, 11) is -1.54. The molecule has 0 N–H and O–H groups in total. The summed E-state index contributed by atoms with van der Waals surface area (Å²) >= 11 is 0. The number of amides is 1. The number of hydrogen-bond donors (Lipinski definition) is 0. The summed E-state index contributed by atoms with van der Waals surface area (Å²) in [5, 5.41) is 5.35. The van der Waals surface area contributed by atoms with Crippen LogP contribution >= 0.6 is 0 Å². The van der Waals surface area contributed by atoms with Gasteiger partial charge in [0.15, 0.2) is 0 Å². The third-order valence-electron chi connectivity index (χ3n) is 5.75. The van der Waals surface area contributed by atoms with E-state index >= 15 is 0 Å². The number of aromatic nitrogens is 2. The molecule has 1 amide bonds. The molecule has 4 rings (SSSR count). The van der Waals surface area contributed by atoms with Crippen LogP contribution in [0.5, 0.6) is 0 Å². The number of carbonyl (C=O) groups is 1. The minimum Gasteiger partial charge on any atom is -0.338 e. The Balaban J connectivity index is 1.38. The molecular formula is C19H26N6O4S. The van der Waals surface area contributed by atoms with Gasteiger partial charge in [-0.05, 0) is 13.1 Å². The van der Waals surface area contributed by atoms with Crippen LogP contribution in [0.15, 0.2) is 35.3 Å². The standard InChI is InChI=1S/C19H26N6O4S/c1-21-6-10-23(11-7-21)30(28,29)24-12-8-22(9-13-24)18(26)15-25-19(27)17-5-3-2-4-16(17)14-20-25/h2-5,14H,6-13,15H2,1H3. The summed E-state index contributed by atoms with van der Waals surface area (Å²) in [6.07, 6.45) is 1.57. The molecule has 0 aliphatic carbocycles. The molecule has 2 fully saturated rings. The Morgan fingerprint density at radius 1 is 0.967 bits per heavy atom. The van der Waals surface area contributed by atoms with Crippen LogP contribution in [0, 0.1) is 0 Å². The molecule has 30 heavy (non-hydrogen) atoms. The molecule has 2 aromatic rings. The minimum absolute atomic E-state index is 0.158. The number of piperazine rings is 2. The lowest BCUT2D eigenvalue weighted by Gasteiger charge is -2.39. The summed E-state index contributed by atoms with van der Waals surface area (Å²) in [6, 6.07) is 7.11. The first-order valence-electron chi connectivity index (χ1n) is 10.0. The second kappa shape index (κ2) is 8.42. The van der Waals surface area contributed by atoms with Crippen molar-refractivity contribution in [2.75, 3.05) is 59.4 Å². The maximum atomic E-state index is 12.9. The number of rotatable bonds is 4. The molecule has 1 aromatic heterocycles. The van der Waals surface area contributed by atoms with Gasteiger partial charge in [-0.2, -0.15) is 22.1 Å². The molecule has 0 radical (unpaired) electrons. The lowest BCUT2D eigenvalue weighted by Crippen LogP contribution is -2.57. The largest absolute Gasteiger partial charge is 0.338 e. The molecule has 2 aliphatic heterocycles. The SMILES string of the molecule is CN1CCN(S(=O)(=O)N2CCN(C(=O)Cn3ncc4ccccc4c3=O)CC2)CC1. The second-order valence-corrected chi connectivity index (χ2v) is 9.61. The van der Waals surface area contributed by atoms with Crippen molar-refractivity contribution in [1.82, 2.24) is 28.2 Å². The van der Waals surface area contributed by atoms with Crippen LogP contribution < -0.4 is 5.56 Å². The smallest absolute Gasteiger partial charge is 0.282 e. The van der Waals surface area contributed by atoms with E-state index in [-0.39, 0.29) is 31.1 Å². The average molecular weight is 435 g/mol. The summed E-state index contributed by atoms with van der Waals surface area (Å²) in [4.78, 5) is 29.0. The fourth-order valence-electron chi connectivity index (χ4n) is 3.82. The lowest BCUT2D eigenvalue weighted by atomic mass is 10.2. The van der Waals surface area contributed by atoms with E-state index in [1.807, 2.05) is 13.1 Å². The van der Waals surface area contributed by atoms with Crippen molar-refractivity contribution in [3.63, 3.8) is 0 Å². The predicted octanol–water partition coefficient (Wildman–Crippen LogP) is -0.967. The molecule has 1 aromatic carbocycles. The highest BCUT2D eigenvalue weighted by atomic mass is 32.2. The van der Waals surface area contributed by atoms with Crippen LogP contribution in [-0.2, 0) is 21.5 Å². The van der Waals surface area contributed by atoms with E-state index < -0.39 is 10.2 Å². The van der Waals surface area contributed by atoms with Crippen molar-refractivity contribution < 1.29 is 13.2 Å². The first-order chi connectivity index (χ1) is 14.4. The molecule has 3 heterocycles. The van der Waals surface area contributed by atoms with E-state index in [2.05, 4.69) is 10.00 Å². The molecule has 10 nitrogen and oxygen atoms in total. The number of nitrogens with zero attached hydrogens (tertiary/aromatic N) is 6. The highest BCUT2D eigenvalue weighted by Crippen LogP contribution is 2.15. The van der Waals surface area contributed by atoms with Crippen LogP contribution in [0.2, 0.25) is 0 Å². The quantitative estimate of drug-likeness (QED) is 0.614. The van der Waals surface area contributed by atoms with Gasteiger partial charge in [0.25, 0.3) is 15.8 Å². The van der Waals surface area contributed by atoms with Crippen molar-refractivity contribution in [3.05, 3.63) is 40.8 Å². The number of carbonyl (C=O) groups excluding carboxylic acids is 1. The zero-order valence-electron chi connectivity index (χ0n) is 17.0. The Labute approximate surface area is 175 Å². The van der Waals surface area contributed by atoms with E-state index in [1.54, 1.807) is 29.3 Å². The van der Waals surface area contributed by atoms with Crippen LogP contribution in [0.1, 0.15) is 0 Å². The lowest BCUT2D eigenvalue weighted by molar-refractivity contribution is -0.133. The Kier molecular flexibility index (Phi) is 5.87. The van der Waals surface area contributed by atoms with Crippen molar-refractivity contribution >= 4 is 26.9 Å². The van der Waals surface area contributed by atoms with Crippen molar-refractivity contribution in [3.8, 4) is 0 Å². The zero-order chi connectivity index (χ0) is 21.3. The Hall–Kier alpha value is -2.34. The maximum absolute atomic E-state index is 12.9. The molecule has 0 unspecified atom stereocenters. The van der Waals surface area contributed by atoms with E-state index in [0.717, 1.165) is 10.1 Å². The van der Waals surface area contributed by atoms with Gasteiger partial charge in [0.1, 0.15) is 6.54 Å². The van der Waals surface area contributed by atoms with Gasteiger partial charge in [-0.25, -0.2) is 4.68 Å². The first-order valence-corrected chi connectivity index (χ1v) is 11.4. The molecular weight excluding hydrogens is 408 g/mol. The highest BCUT2D eigenvalue weighted by molar-refractivity contribution is 7.86. The Bertz CT molecular complexity index is 1090. The van der Waals surface area contributed by atoms with Crippen LogP contribution in [0.3, 0.4) is 0 Å². The molecule has 0 bridgehead atoms. The van der Waals surface area contributed by atoms with Gasteiger partial charge >= 0.3 is 0 Å². The third kappa shape index (κ3) is 4.10. The first kappa shape index (κ1) is 20.9. The number of fused-ring (bicyclic) bond motifs is 1. The van der Waals surface area contributed by atoms with Gasteiger partial charge in [-0.15, -0.1) is 0 Å². The van der Waals surface area contributed by atoms with Crippen LogP contribution in [0.25, 0.3) is 10.8 Å². The molecule has 0 saturated carbocycles. The molecule has 11 heteroatoms. The van der Waals surface area contributed by atoms with E-state index in [0.29, 0.717) is 44.7 Å². The summed E-state index contributed by atoms with van der Waals surface area (Å²) in [6.45, 7) is 3.33. The monoisotopic (exact) mass is 434 g/mol. The van der Waals surface area contributed by atoms with E-state index in [4.69, 9.17) is 0 Å². The van der Waals surface area contributed by atoms with Gasteiger partial charge in [-0.1, -0.05) is 18.2 Å². The van der Waals surface area contributed by atoms with E-state index in [1.165, 1.54) is 8.61 Å². The number of hydrogen-bond acceptors (Lipinski definition) is 6. The molecule has 2 aliphatic rings. The van der Waals surface area contributed by atoms with Gasteiger partial charge in [0, 0.05) is 57.7 Å². The predicted molar refractivity (Wildman–Crippen MR) is 112 cm³/mol. The normalized spacial score (nSPS) is 20.0. The van der Waals surface area contributed by atoms with Gasteiger partial charge in [0.05, 0.1) is 11.6 Å². The summed E-state index contributed by atoms with van der Waals surface area (Å²) in [5.74, 6) is -0.239. The fraction of sp³-hybridized carbons (Fsp3) is 0.526. The summed E-state index contributed by atoms with van der Waals surface area (Å²) in [5.41, 5.74) is -0.308. The molecule has 0 atom stereocenters. The minimum atomic E-state index is -3.51. The molecule has 2 saturated heterocycles. The maximum Gasteiger partial charge on any atom is 0.282 e.